The normalized spacial score (nSPS) is 10.4. The first-order chi connectivity index (χ1) is 10.2. The van der Waals surface area contributed by atoms with Crippen molar-refractivity contribution in [3.63, 3.8) is 0 Å². The predicted molar refractivity (Wildman–Crippen MR) is 80.9 cm³/mol. The number of carbonyl (C=O) groups is 1. The van der Waals surface area contributed by atoms with Crippen LogP contribution in [0.15, 0.2) is 18.2 Å². The van der Waals surface area contributed by atoms with Gasteiger partial charge in [-0.05, 0) is 24.6 Å². The van der Waals surface area contributed by atoms with Gasteiger partial charge in [-0.15, -0.1) is 0 Å². The molecule has 2 N–H and O–H groups in total. The van der Waals surface area contributed by atoms with Crippen LogP contribution in [0.1, 0.15) is 23.7 Å². The average Bonchev–Trinajstić information content (AvgIpc) is 2.83. The van der Waals surface area contributed by atoms with Gasteiger partial charge in [0.1, 0.15) is 11.5 Å². The van der Waals surface area contributed by atoms with Crippen LogP contribution in [0.2, 0.25) is 0 Å². The van der Waals surface area contributed by atoms with Crippen molar-refractivity contribution in [2.24, 2.45) is 0 Å². The number of benzene rings is 1. The molecular formula is C15H19N3O3. The van der Waals surface area contributed by atoms with Crippen LogP contribution < -0.4 is 15.2 Å². The molecule has 0 radical (unpaired) electrons. The summed E-state index contributed by atoms with van der Waals surface area (Å²) in [7, 11) is 3.13. The van der Waals surface area contributed by atoms with Crippen molar-refractivity contribution in [3.05, 3.63) is 23.8 Å². The Labute approximate surface area is 123 Å². The Hall–Kier alpha value is -2.50. The molecule has 0 saturated carbocycles. The molecule has 6 heteroatoms. The number of aldehydes is 1. The molecule has 112 valence electrons. The molecule has 1 heterocycles. The number of carbonyl (C=O) groups excluding carboxylic acids is 1. The van der Waals surface area contributed by atoms with Crippen molar-refractivity contribution in [3.8, 4) is 22.8 Å². The minimum atomic E-state index is 0.386. The molecule has 0 saturated heterocycles. The quantitative estimate of drug-likeness (QED) is 0.826. The van der Waals surface area contributed by atoms with Crippen LogP contribution in [0.5, 0.6) is 11.5 Å². The summed E-state index contributed by atoms with van der Waals surface area (Å²) < 4.78 is 12.1. The summed E-state index contributed by atoms with van der Waals surface area (Å²) in [6, 6.07) is 5.38. The Balaban J connectivity index is 2.55. The molecule has 6 nitrogen and oxygen atoms in total. The minimum absolute atomic E-state index is 0.386. The number of nitrogens with two attached hydrogens (primary N) is 1. The third kappa shape index (κ3) is 2.69. The number of hydrogen-bond donors (Lipinski definition) is 1. The van der Waals surface area contributed by atoms with Crippen LogP contribution in [0.3, 0.4) is 0 Å². The molecule has 0 unspecified atom stereocenters. The Kier molecular flexibility index (Phi) is 4.47. The number of nitrogen functional groups attached to an aromatic ring is 1. The number of hydrogen-bond acceptors (Lipinski definition) is 5. The maximum atomic E-state index is 11.3. The number of methoxy groups -OCH3 is 2. The fourth-order valence-electron chi connectivity index (χ4n) is 2.18. The number of rotatable bonds is 6. The zero-order chi connectivity index (χ0) is 15.4. The van der Waals surface area contributed by atoms with E-state index in [0.29, 0.717) is 35.1 Å². The van der Waals surface area contributed by atoms with Gasteiger partial charge < -0.3 is 15.2 Å². The van der Waals surface area contributed by atoms with E-state index in [1.165, 1.54) is 0 Å². The van der Waals surface area contributed by atoms with Gasteiger partial charge in [-0.2, -0.15) is 5.10 Å². The molecule has 0 amide bonds. The minimum Gasteiger partial charge on any atom is -0.493 e. The maximum absolute atomic E-state index is 11.3. The first-order valence-corrected chi connectivity index (χ1v) is 6.70. The fraction of sp³-hybridized carbons (Fsp3) is 0.333. The molecule has 0 aliphatic rings. The van der Waals surface area contributed by atoms with Crippen molar-refractivity contribution in [2.45, 2.75) is 19.9 Å². The van der Waals surface area contributed by atoms with Crippen molar-refractivity contribution in [1.82, 2.24) is 9.78 Å². The first kappa shape index (κ1) is 14.9. The van der Waals surface area contributed by atoms with Crippen LogP contribution in [0.25, 0.3) is 11.3 Å². The van der Waals surface area contributed by atoms with Crippen molar-refractivity contribution < 1.29 is 14.3 Å². The number of aromatic nitrogens is 2. The SMILES string of the molecule is CCCn1nc(-c2ccc(OC)c(OC)c2)c(C=O)c1N. The van der Waals surface area contributed by atoms with E-state index in [1.54, 1.807) is 31.0 Å². The van der Waals surface area contributed by atoms with Crippen LogP contribution in [0, 0.1) is 0 Å². The monoisotopic (exact) mass is 289 g/mol. The van der Waals surface area contributed by atoms with Gasteiger partial charge in [0.05, 0.1) is 19.8 Å². The van der Waals surface area contributed by atoms with E-state index in [2.05, 4.69) is 5.10 Å². The lowest BCUT2D eigenvalue weighted by molar-refractivity contribution is 0.112. The average molecular weight is 289 g/mol. The Morgan fingerprint density at radius 3 is 2.57 bits per heavy atom. The molecule has 0 spiro atoms. The molecule has 0 aliphatic carbocycles. The van der Waals surface area contributed by atoms with Gasteiger partial charge >= 0.3 is 0 Å². The van der Waals surface area contributed by atoms with Gasteiger partial charge in [-0.25, -0.2) is 4.68 Å². The number of ether oxygens (including phenoxy) is 2. The van der Waals surface area contributed by atoms with E-state index in [0.717, 1.165) is 18.3 Å². The van der Waals surface area contributed by atoms with Crippen LogP contribution in [-0.4, -0.2) is 30.3 Å². The second-order valence-corrected chi connectivity index (χ2v) is 4.56. The number of anilines is 1. The van der Waals surface area contributed by atoms with Crippen LogP contribution in [0.4, 0.5) is 5.82 Å². The molecular weight excluding hydrogens is 270 g/mol. The van der Waals surface area contributed by atoms with E-state index in [1.807, 2.05) is 13.0 Å². The summed E-state index contributed by atoms with van der Waals surface area (Å²) >= 11 is 0. The van der Waals surface area contributed by atoms with Gasteiger partial charge in [0, 0.05) is 12.1 Å². The predicted octanol–water partition coefficient (Wildman–Crippen LogP) is 2.37. The van der Waals surface area contributed by atoms with Crippen LogP contribution in [-0.2, 0) is 6.54 Å². The van der Waals surface area contributed by atoms with E-state index in [4.69, 9.17) is 15.2 Å². The molecule has 1 aromatic heterocycles. The molecule has 2 rings (SSSR count). The van der Waals surface area contributed by atoms with Gasteiger partial charge in [0.25, 0.3) is 0 Å². The van der Waals surface area contributed by atoms with Crippen LogP contribution >= 0.6 is 0 Å². The zero-order valence-electron chi connectivity index (χ0n) is 12.4. The molecule has 0 atom stereocenters. The van der Waals surface area contributed by atoms with Crippen molar-refractivity contribution in [2.75, 3.05) is 20.0 Å². The highest BCUT2D eigenvalue weighted by Gasteiger charge is 2.17. The Morgan fingerprint density at radius 1 is 1.29 bits per heavy atom. The van der Waals surface area contributed by atoms with Crippen molar-refractivity contribution in [1.29, 1.82) is 0 Å². The molecule has 1 aromatic carbocycles. The fourth-order valence-corrected chi connectivity index (χ4v) is 2.18. The topological polar surface area (TPSA) is 79.4 Å². The van der Waals surface area contributed by atoms with Gasteiger partial charge in [0.15, 0.2) is 17.8 Å². The van der Waals surface area contributed by atoms with Gasteiger partial charge in [-0.3, -0.25) is 4.79 Å². The highest BCUT2D eigenvalue weighted by Crippen LogP contribution is 2.34. The van der Waals surface area contributed by atoms with E-state index in [-0.39, 0.29) is 0 Å². The summed E-state index contributed by atoms with van der Waals surface area (Å²) in [5.41, 5.74) is 7.69. The van der Waals surface area contributed by atoms with E-state index < -0.39 is 0 Å². The molecule has 0 aliphatic heterocycles. The lowest BCUT2D eigenvalue weighted by atomic mass is 10.1. The highest BCUT2D eigenvalue weighted by atomic mass is 16.5. The van der Waals surface area contributed by atoms with Crippen molar-refractivity contribution >= 4 is 12.1 Å². The Morgan fingerprint density at radius 2 is 2.00 bits per heavy atom. The van der Waals surface area contributed by atoms with Gasteiger partial charge in [0.2, 0.25) is 0 Å². The third-order valence-electron chi connectivity index (χ3n) is 3.24. The maximum Gasteiger partial charge on any atom is 0.161 e. The summed E-state index contributed by atoms with van der Waals surface area (Å²) in [5, 5.41) is 4.44. The van der Waals surface area contributed by atoms with Gasteiger partial charge in [-0.1, -0.05) is 6.92 Å². The molecule has 2 aromatic rings. The summed E-state index contributed by atoms with van der Waals surface area (Å²) in [5.74, 6) is 1.59. The Bertz CT molecular complexity index is 650. The lowest BCUT2D eigenvalue weighted by Crippen LogP contribution is -2.04. The zero-order valence-corrected chi connectivity index (χ0v) is 12.4. The summed E-state index contributed by atoms with van der Waals surface area (Å²) in [6.07, 6.45) is 1.62. The summed E-state index contributed by atoms with van der Waals surface area (Å²) in [4.78, 5) is 11.3. The molecule has 21 heavy (non-hydrogen) atoms. The lowest BCUT2D eigenvalue weighted by Gasteiger charge is -2.08. The van der Waals surface area contributed by atoms with E-state index >= 15 is 0 Å². The number of aryl methyl sites for hydroxylation is 1. The largest absolute Gasteiger partial charge is 0.493 e. The first-order valence-electron chi connectivity index (χ1n) is 6.70. The molecule has 0 bridgehead atoms. The smallest absolute Gasteiger partial charge is 0.161 e. The molecule has 0 fully saturated rings. The third-order valence-corrected chi connectivity index (χ3v) is 3.24. The highest BCUT2D eigenvalue weighted by molar-refractivity contribution is 5.91. The second kappa shape index (κ2) is 6.30. The standard InChI is InChI=1S/C15H19N3O3/c1-4-7-18-15(16)11(9-19)14(17-18)10-5-6-12(20-2)13(8-10)21-3/h5-6,8-9H,4,7,16H2,1-3H3. The second-order valence-electron chi connectivity index (χ2n) is 4.56. The van der Waals surface area contributed by atoms with E-state index in [9.17, 15) is 4.79 Å². The summed E-state index contributed by atoms with van der Waals surface area (Å²) in [6.45, 7) is 2.69. The number of nitrogens with zero attached hydrogens (tertiary/aromatic N) is 2.